The largest absolute Gasteiger partial charge is 0.478 e. The Bertz CT molecular complexity index is 1100. The number of carboxylic acid groups (broad SMARTS) is 1. The third-order valence-corrected chi connectivity index (χ3v) is 7.25. The van der Waals surface area contributed by atoms with Crippen molar-refractivity contribution in [1.82, 2.24) is 0 Å². The lowest BCUT2D eigenvalue weighted by atomic mass is 9.82. The zero-order valence-electron chi connectivity index (χ0n) is 24.8. The Balaban J connectivity index is 2.12. The van der Waals surface area contributed by atoms with Crippen molar-refractivity contribution in [3.8, 4) is 0 Å². The number of aromatic carboxylic acids is 1. The smallest absolute Gasteiger partial charge is 0.336 e. The van der Waals surface area contributed by atoms with Crippen LogP contribution >= 0.6 is 0 Å². The molecule has 1 N–H and O–H groups in total. The highest BCUT2D eigenvalue weighted by atomic mass is 16.4. The number of hydrogen-bond donors (Lipinski definition) is 1. The van der Waals surface area contributed by atoms with Crippen LogP contribution < -0.4 is 14.7 Å². The van der Waals surface area contributed by atoms with Crippen LogP contribution in [0.5, 0.6) is 0 Å². The van der Waals surface area contributed by atoms with E-state index in [1.165, 1.54) is 11.4 Å². The number of hydrogen-bond acceptors (Lipinski definition) is 4. The molecule has 0 spiro atoms. The van der Waals surface area contributed by atoms with E-state index in [9.17, 15) is 9.90 Å². The van der Waals surface area contributed by atoms with Crippen molar-refractivity contribution in [2.75, 3.05) is 55.0 Å². The van der Waals surface area contributed by atoms with Crippen molar-refractivity contribution in [3.63, 3.8) is 0 Å². The van der Waals surface area contributed by atoms with Crippen molar-refractivity contribution in [1.29, 1.82) is 0 Å². The Morgan fingerprint density at radius 2 is 1.03 bits per heavy atom. The SMILES string of the molecule is CCCN(CCC)c1ccc(C(c2ccc(N(CCC)CCC)cc2)c2ccc(N(C)C)cc2C(=O)O)cc1. The molecule has 0 bridgehead atoms. The van der Waals surface area contributed by atoms with Gasteiger partial charge < -0.3 is 19.8 Å². The molecular weight excluding hydrogens is 482 g/mol. The fourth-order valence-electron chi connectivity index (χ4n) is 5.39. The van der Waals surface area contributed by atoms with Crippen LogP contribution in [0.2, 0.25) is 0 Å². The second-order valence-electron chi connectivity index (χ2n) is 10.6. The third-order valence-electron chi connectivity index (χ3n) is 7.25. The Hall–Kier alpha value is -3.47. The van der Waals surface area contributed by atoms with Crippen LogP contribution in [-0.2, 0) is 0 Å². The van der Waals surface area contributed by atoms with Crippen LogP contribution in [0, 0.1) is 0 Å². The van der Waals surface area contributed by atoms with Gasteiger partial charge in [0.1, 0.15) is 0 Å². The summed E-state index contributed by atoms with van der Waals surface area (Å²) in [6.07, 6.45) is 4.40. The average Bonchev–Trinajstić information content (AvgIpc) is 2.94. The second-order valence-corrected chi connectivity index (χ2v) is 10.6. The summed E-state index contributed by atoms with van der Waals surface area (Å²) in [6, 6.07) is 23.3. The first-order valence-electron chi connectivity index (χ1n) is 14.6. The minimum absolute atomic E-state index is 0.188. The highest BCUT2D eigenvalue weighted by Crippen LogP contribution is 2.37. The lowest BCUT2D eigenvalue weighted by molar-refractivity contribution is 0.0695. The van der Waals surface area contributed by atoms with E-state index in [0.717, 1.165) is 74.2 Å². The first-order chi connectivity index (χ1) is 18.8. The lowest BCUT2D eigenvalue weighted by Crippen LogP contribution is -2.25. The summed E-state index contributed by atoms with van der Waals surface area (Å²) >= 11 is 0. The van der Waals surface area contributed by atoms with Gasteiger partial charge in [0.15, 0.2) is 0 Å². The summed E-state index contributed by atoms with van der Waals surface area (Å²) in [6.45, 7) is 13.0. The van der Waals surface area contributed by atoms with E-state index in [0.29, 0.717) is 5.56 Å². The van der Waals surface area contributed by atoms with Crippen LogP contribution in [0.1, 0.15) is 86.3 Å². The number of nitrogens with zero attached hydrogens (tertiary/aromatic N) is 3. The Morgan fingerprint density at radius 1 is 0.641 bits per heavy atom. The molecule has 0 heterocycles. The molecule has 0 aliphatic carbocycles. The Labute approximate surface area is 236 Å². The van der Waals surface area contributed by atoms with Crippen LogP contribution in [0.25, 0.3) is 0 Å². The van der Waals surface area contributed by atoms with Crippen molar-refractivity contribution in [2.24, 2.45) is 0 Å². The van der Waals surface area contributed by atoms with Gasteiger partial charge in [-0.3, -0.25) is 0 Å². The molecule has 0 saturated carbocycles. The maximum atomic E-state index is 12.5. The minimum atomic E-state index is -0.902. The van der Waals surface area contributed by atoms with Gasteiger partial charge in [-0.15, -0.1) is 0 Å². The van der Waals surface area contributed by atoms with Crippen LogP contribution in [0.3, 0.4) is 0 Å². The van der Waals surface area contributed by atoms with E-state index >= 15 is 0 Å². The van der Waals surface area contributed by atoms with E-state index in [1.54, 1.807) is 6.07 Å². The molecule has 0 aliphatic heterocycles. The fraction of sp³-hybridized carbons (Fsp3) is 0.441. The maximum absolute atomic E-state index is 12.5. The van der Waals surface area contributed by atoms with Gasteiger partial charge in [0.2, 0.25) is 0 Å². The van der Waals surface area contributed by atoms with Gasteiger partial charge in [-0.1, -0.05) is 58.0 Å². The fourth-order valence-corrected chi connectivity index (χ4v) is 5.39. The predicted molar refractivity (Wildman–Crippen MR) is 167 cm³/mol. The van der Waals surface area contributed by atoms with E-state index in [-0.39, 0.29) is 5.92 Å². The molecule has 3 aromatic carbocycles. The Morgan fingerprint density at radius 3 is 1.36 bits per heavy atom. The number of carboxylic acids is 1. The molecular formula is C34H47N3O2. The van der Waals surface area contributed by atoms with Crippen LogP contribution in [0.4, 0.5) is 17.1 Å². The predicted octanol–water partition coefficient (Wildman–Crippen LogP) is 7.88. The third kappa shape index (κ3) is 7.56. The molecule has 210 valence electrons. The molecule has 0 aliphatic rings. The normalized spacial score (nSPS) is 11.1. The van der Waals surface area contributed by atoms with Gasteiger partial charge in [-0.2, -0.15) is 0 Å². The molecule has 3 aromatic rings. The van der Waals surface area contributed by atoms with Crippen molar-refractivity contribution in [2.45, 2.75) is 59.3 Å². The zero-order chi connectivity index (χ0) is 28.4. The minimum Gasteiger partial charge on any atom is -0.478 e. The summed E-state index contributed by atoms with van der Waals surface area (Å²) in [5.74, 6) is -1.09. The van der Waals surface area contributed by atoms with Crippen LogP contribution in [-0.4, -0.2) is 51.4 Å². The first-order valence-corrected chi connectivity index (χ1v) is 14.6. The summed E-state index contributed by atoms with van der Waals surface area (Å²) in [4.78, 5) is 19.3. The molecule has 0 unspecified atom stereocenters. The Kier molecular flexibility index (Phi) is 11.3. The van der Waals surface area contributed by atoms with E-state index < -0.39 is 5.97 Å². The van der Waals surface area contributed by atoms with E-state index in [1.807, 2.05) is 31.1 Å². The molecule has 0 atom stereocenters. The molecule has 0 aromatic heterocycles. The van der Waals surface area contributed by atoms with Gasteiger partial charge in [0.25, 0.3) is 0 Å². The van der Waals surface area contributed by atoms with Gasteiger partial charge in [-0.05, 0) is 78.8 Å². The van der Waals surface area contributed by atoms with Crippen LogP contribution in [0.15, 0.2) is 66.7 Å². The van der Waals surface area contributed by atoms with Crippen molar-refractivity contribution >= 4 is 23.0 Å². The van der Waals surface area contributed by atoms with Gasteiger partial charge in [0, 0.05) is 63.3 Å². The maximum Gasteiger partial charge on any atom is 0.336 e. The molecule has 3 rings (SSSR count). The zero-order valence-corrected chi connectivity index (χ0v) is 24.8. The van der Waals surface area contributed by atoms with Crippen molar-refractivity contribution in [3.05, 3.63) is 89.0 Å². The van der Waals surface area contributed by atoms with Gasteiger partial charge in [0.05, 0.1) is 5.56 Å². The highest BCUT2D eigenvalue weighted by Gasteiger charge is 2.24. The summed E-state index contributed by atoms with van der Waals surface area (Å²) in [7, 11) is 3.87. The molecule has 5 heteroatoms. The quantitative estimate of drug-likeness (QED) is 0.203. The number of carbonyl (C=O) groups is 1. The molecule has 39 heavy (non-hydrogen) atoms. The molecule has 5 nitrogen and oxygen atoms in total. The number of anilines is 3. The summed E-state index contributed by atoms with van der Waals surface area (Å²) in [5.41, 5.74) is 6.66. The van der Waals surface area contributed by atoms with Gasteiger partial charge in [-0.25, -0.2) is 4.79 Å². The van der Waals surface area contributed by atoms with E-state index in [2.05, 4.69) is 86.0 Å². The van der Waals surface area contributed by atoms with Crippen molar-refractivity contribution < 1.29 is 9.90 Å². The number of rotatable bonds is 15. The number of benzene rings is 3. The van der Waals surface area contributed by atoms with Gasteiger partial charge >= 0.3 is 5.97 Å². The highest BCUT2D eigenvalue weighted by molar-refractivity contribution is 5.91. The molecule has 0 fully saturated rings. The molecule has 0 amide bonds. The molecule has 0 saturated heterocycles. The molecule has 0 radical (unpaired) electrons. The first kappa shape index (κ1) is 30.1. The lowest BCUT2D eigenvalue weighted by Gasteiger charge is -2.27. The monoisotopic (exact) mass is 529 g/mol. The second kappa shape index (κ2) is 14.6. The van der Waals surface area contributed by atoms with E-state index in [4.69, 9.17) is 0 Å². The topological polar surface area (TPSA) is 47.0 Å². The summed E-state index contributed by atoms with van der Waals surface area (Å²) < 4.78 is 0. The average molecular weight is 530 g/mol. The summed E-state index contributed by atoms with van der Waals surface area (Å²) in [5, 5.41) is 10.3. The standard InChI is InChI=1S/C34H47N3O2/c1-7-21-36(22-8-2)28-15-11-26(12-16-28)33(31-20-19-30(35(5)6)25-32(31)34(38)39)27-13-17-29(18-14-27)37(23-9-3)24-10-4/h11-20,25,33H,7-10,21-24H2,1-6H3,(H,38,39).